The molecule has 0 N–H and O–H groups in total. The SMILES string of the molecule is CCOc1cc(Cl)cc2sc(Cl)cc12. The Kier molecular flexibility index (Phi) is 2.86. The van der Waals surface area contributed by atoms with E-state index in [1.54, 1.807) is 0 Å². The van der Waals surface area contributed by atoms with Crippen LogP contribution in [0.4, 0.5) is 0 Å². The van der Waals surface area contributed by atoms with Gasteiger partial charge in [0.1, 0.15) is 5.75 Å². The Morgan fingerprint density at radius 1 is 1.29 bits per heavy atom. The summed E-state index contributed by atoms with van der Waals surface area (Å²) in [5.74, 6) is 0.804. The highest BCUT2D eigenvalue weighted by molar-refractivity contribution is 7.22. The summed E-state index contributed by atoms with van der Waals surface area (Å²) in [4.78, 5) is 0. The Hall–Kier alpha value is -0.440. The van der Waals surface area contributed by atoms with Gasteiger partial charge in [-0.05, 0) is 25.1 Å². The van der Waals surface area contributed by atoms with E-state index in [0.29, 0.717) is 11.6 Å². The number of fused-ring (bicyclic) bond motifs is 1. The molecule has 1 heterocycles. The molecule has 1 aromatic carbocycles. The van der Waals surface area contributed by atoms with Crippen LogP contribution in [0.25, 0.3) is 10.1 Å². The maximum absolute atomic E-state index is 5.95. The van der Waals surface area contributed by atoms with E-state index in [0.717, 1.165) is 20.2 Å². The molecule has 0 fully saturated rings. The van der Waals surface area contributed by atoms with Gasteiger partial charge in [0.2, 0.25) is 0 Å². The Morgan fingerprint density at radius 3 is 2.79 bits per heavy atom. The van der Waals surface area contributed by atoms with Crippen LogP contribution in [0.5, 0.6) is 5.75 Å². The third-order valence-electron chi connectivity index (χ3n) is 1.83. The van der Waals surface area contributed by atoms with Crippen LogP contribution in [0, 0.1) is 0 Å². The molecular weight excluding hydrogens is 239 g/mol. The quantitative estimate of drug-likeness (QED) is 0.753. The first-order chi connectivity index (χ1) is 6.70. The monoisotopic (exact) mass is 246 g/mol. The van der Waals surface area contributed by atoms with Crippen molar-refractivity contribution in [2.24, 2.45) is 0 Å². The largest absolute Gasteiger partial charge is 0.493 e. The number of thiophene rings is 1. The van der Waals surface area contributed by atoms with Crippen LogP contribution < -0.4 is 4.74 Å². The van der Waals surface area contributed by atoms with Crippen LogP contribution in [-0.2, 0) is 0 Å². The number of rotatable bonds is 2. The van der Waals surface area contributed by atoms with Gasteiger partial charge in [-0.15, -0.1) is 11.3 Å². The van der Waals surface area contributed by atoms with Crippen LogP contribution in [-0.4, -0.2) is 6.61 Å². The molecule has 0 radical (unpaired) electrons. The van der Waals surface area contributed by atoms with E-state index in [2.05, 4.69) is 0 Å². The second-order valence-electron chi connectivity index (χ2n) is 2.80. The lowest BCUT2D eigenvalue weighted by Gasteiger charge is -2.04. The van der Waals surface area contributed by atoms with Crippen LogP contribution in [0.1, 0.15) is 6.92 Å². The molecule has 0 atom stereocenters. The van der Waals surface area contributed by atoms with Crippen molar-refractivity contribution in [3.8, 4) is 5.75 Å². The van der Waals surface area contributed by atoms with E-state index >= 15 is 0 Å². The predicted octanol–water partition coefficient (Wildman–Crippen LogP) is 4.61. The first-order valence-corrected chi connectivity index (χ1v) is 5.79. The molecule has 14 heavy (non-hydrogen) atoms. The summed E-state index contributed by atoms with van der Waals surface area (Å²) < 4.78 is 7.29. The van der Waals surface area contributed by atoms with Crippen LogP contribution in [0.3, 0.4) is 0 Å². The summed E-state index contributed by atoms with van der Waals surface area (Å²) in [5.41, 5.74) is 0. The summed E-state index contributed by atoms with van der Waals surface area (Å²) in [6, 6.07) is 5.62. The highest BCUT2D eigenvalue weighted by atomic mass is 35.5. The van der Waals surface area contributed by atoms with E-state index in [9.17, 15) is 0 Å². The molecule has 0 aliphatic carbocycles. The predicted molar refractivity (Wildman–Crippen MR) is 63.0 cm³/mol. The maximum Gasteiger partial charge on any atom is 0.129 e. The third-order valence-corrected chi connectivity index (χ3v) is 3.26. The van der Waals surface area contributed by atoms with Gasteiger partial charge in [-0.2, -0.15) is 0 Å². The van der Waals surface area contributed by atoms with Gasteiger partial charge >= 0.3 is 0 Å². The molecule has 0 saturated carbocycles. The molecule has 0 amide bonds. The van der Waals surface area contributed by atoms with Gasteiger partial charge in [0.15, 0.2) is 0 Å². The second kappa shape index (κ2) is 3.97. The number of hydrogen-bond donors (Lipinski definition) is 0. The molecular formula is C10H8Cl2OS. The molecule has 0 bridgehead atoms. The normalized spacial score (nSPS) is 10.8. The van der Waals surface area contributed by atoms with Crippen molar-refractivity contribution in [3.63, 3.8) is 0 Å². The zero-order valence-electron chi connectivity index (χ0n) is 7.51. The lowest BCUT2D eigenvalue weighted by Crippen LogP contribution is -1.91. The van der Waals surface area contributed by atoms with Gasteiger partial charge < -0.3 is 4.74 Å². The van der Waals surface area contributed by atoms with Crippen molar-refractivity contribution in [3.05, 3.63) is 27.6 Å². The maximum atomic E-state index is 5.95. The standard InChI is InChI=1S/C10H8Cl2OS/c1-2-13-8-3-6(11)4-9-7(8)5-10(12)14-9/h3-5H,2H2,1H3. The number of ether oxygens (including phenoxy) is 1. The lowest BCUT2D eigenvalue weighted by molar-refractivity contribution is 0.344. The zero-order chi connectivity index (χ0) is 10.1. The van der Waals surface area contributed by atoms with Gasteiger partial charge in [0, 0.05) is 15.1 Å². The van der Waals surface area contributed by atoms with Crippen molar-refractivity contribution in [2.75, 3.05) is 6.61 Å². The van der Waals surface area contributed by atoms with E-state index in [-0.39, 0.29) is 0 Å². The van der Waals surface area contributed by atoms with Gasteiger partial charge in [-0.25, -0.2) is 0 Å². The molecule has 0 aliphatic heterocycles. The highest BCUT2D eigenvalue weighted by Crippen LogP contribution is 2.37. The zero-order valence-corrected chi connectivity index (χ0v) is 9.84. The van der Waals surface area contributed by atoms with Gasteiger partial charge in [-0.1, -0.05) is 23.2 Å². The van der Waals surface area contributed by atoms with Crippen molar-refractivity contribution >= 4 is 44.6 Å². The number of hydrogen-bond acceptors (Lipinski definition) is 2. The Morgan fingerprint density at radius 2 is 2.07 bits per heavy atom. The fourth-order valence-electron chi connectivity index (χ4n) is 1.32. The minimum absolute atomic E-state index is 0.628. The Bertz CT molecular complexity index is 464. The Labute approximate surface area is 96.2 Å². The van der Waals surface area contributed by atoms with Crippen molar-refractivity contribution in [1.82, 2.24) is 0 Å². The minimum atomic E-state index is 0.628. The lowest BCUT2D eigenvalue weighted by atomic mass is 10.2. The first-order valence-electron chi connectivity index (χ1n) is 4.22. The van der Waals surface area contributed by atoms with E-state index in [1.807, 2.05) is 25.1 Å². The summed E-state index contributed by atoms with van der Waals surface area (Å²) >= 11 is 13.4. The van der Waals surface area contributed by atoms with E-state index < -0.39 is 0 Å². The smallest absolute Gasteiger partial charge is 0.129 e. The molecule has 74 valence electrons. The number of halogens is 2. The van der Waals surface area contributed by atoms with Crippen LogP contribution >= 0.6 is 34.5 Å². The van der Waals surface area contributed by atoms with Crippen molar-refractivity contribution < 1.29 is 4.74 Å². The Balaban J connectivity index is 2.66. The molecule has 0 saturated heterocycles. The third kappa shape index (κ3) is 1.83. The topological polar surface area (TPSA) is 9.23 Å². The summed E-state index contributed by atoms with van der Waals surface area (Å²) in [6.07, 6.45) is 0. The molecule has 2 aromatic rings. The molecule has 4 heteroatoms. The molecule has 0 unspecified atom stereocenters. The van der Waals surface area contributed by atoms with Gasteiger partial charge in [0.25, 0.3) is 0 Å². The molecule has 1 aromatic heterocycles. The fraction of sp³-hybridized carbons (Fsp3) is 0.200. The summed E-state index contributed by atoms with van der Waals surface area (Å²) in [7, 11) is 0. The first kappa shape index (κ1) is 10.1. The number of benzene rings is 1. The average molecular weight is 247 g/mol. The van der Waals surface area contributed by atoms with Crippen LogP contribution in [0.2, 0.25) is 9.36 Å². The molecule has 1 nitrogen and oxygen atoms in total. The van der Waals surface area contributed by atoms with Gasteiger partial charge in [0.05, 0.1) is 10.9 Å². The summed E-state index contributed by atoms with van der Waals surface area (Å²) in [6.45, 7) is 2.57. The van der Waals surface area contributed by atoms with E-state index in [1.165, 1.54) is 11.3 Å². The molecule has 0 aliphatic rings. The van der Waals surface area contributed by atoms with Crippen molar-refractivity contribution in [2.45, 2.75) is 6.92 Å². The fourth-order valence-corrected chi connectivity index (χ4v) is 2.79. The minimum Gasteiger partial charge on any atom is -0.493 e. The van der Waals surface area contributed by atoms with Crippen LogP contribution in [0.15, 0.2) is 18.2 Å². The summed E-state index contributed by atoms with van der Waals surface area (Å²) in [5, 5.41) is 1.71. The average Bonchev–Trinajstić information content (AvgIpc) is 2.45. The van der Waals surface area contributed by atoms with E-state index in [4.69, 9.17) is 27.9 Å². The van der Waals surface area contributed by atoms with Gasteiger partial charge in [-0.3, -0.25) is 0 Å². The second-order valence-corrected chi connectivity index (χ2v) is 4.95. The van der Waals surface area contributed by atoms with Crippen molar-refractivity contribution in [1.29, 1.82) is 0 Å². The highest BCUT2D eigenvalue weighted by Gasteiger charge is 2.07. The molecule has 0 spiro atoms. The molecule has 2 rings (SSSR count).